The molecule has 0 heterocycles. The van der Waals surface area contributed by atoms with Gasteiger partial charge >= 0.3 is 5.97 Å². The highest BCUT2D eigenvalue weighted by Gasteiger charge is 2.20. The molecule has 0 saturated heterocycles. The van der Waals surface area contributed by atoms with Crippen molar-refractivity contribution < 1.29 is 24.5 Å². The van der Waals surface area contributed by atoms with Crippen molar-refractivity contribution in [2.45, 2.75) is 328 Å². The summed E-state index contributed by atoms with van der Waals surface area (Å²) < 4.78 is 5.41. The van der Waals surface area contributed by atoms with Gasteiger partial charge in [-0.15, -0.1) is 0 Å². The molecular formula is C59H113NO5. The van der Waals surface area contributed by atoms with E-state index in [1.54, 1.807) is 0 Å². The lowest BCUT2D eigenvalue weighted by Gasteiger charge is -2.22. The van der Waals surface area contributed by atoms with Crippen LogP contribution in [0.25, 0.3) is 0 Å². The van der Waals surface area contributed by atoms with Crippen LogP contribution >= 0.6 is 0 Å². The van der Waals surface area contributed by atoms with E-state index in [9.17, 15) is 19.8 Å². The first-order chi connectivity index (χ1) is 32.0. The van der Waals surface area contributed by atoms with Crippen LogP contribution in [0.5, 0.6) is 0 Å². The van der Waals surface area contributed by atoms with E-state index >= 15 is 0 Å². The molecular weight excluding hydrogens is 803 g/mol. The van der Waals surface area contributed by atoms with Gasteiger partial charge in [0.05, 0.1) is 25.4 Å². The predicted molar refractivity (Wildman–Crippen MR) is 283 cm³/mol. The molecule has 0 radical (unpaired) electrons. The number of rotatable bonds is 54. The zero-order valence-corrected chi connectivity index (χ0v) is 43.7. The second-order valence-electron chi connectivity index (χ2n) is 20.0. The zero-order valence-electron chi connectivity index (χ0n) is 43.7. The van der Waals surface area contributed by atoms with E-state index in [1.165, 1.54) is 231 Å². The van der Waals surface area contributed by atoms with E-state index in [2.05, 4.69) is 43.5 Å². The van der Waals surface area contributed by atoms with E-state index in [-0.39, 0.29) is 18.5 Å². The number of aliphatic hydroxyl groups is 2. The molecule has 384 valence electrons. The van der Waals surface area contributed by atoms with Crippen molar-refractivity contribution in [3.63, 3.8) is 0 Å². The molecule has 1 amide bonds. The number of hydrogen-bond donors (Lipinski definition) is 3. The Hall–Kier alpha value is -1.66. The first-order valence-corrected chi connectivity index (χ1v) is 29.1. The van der Waals surface area contributed by atoms with Crippen LogP contribution in [0.3, 0.4) is 0 Å². The second-order valence-corrected chi connectivity index (χ2v) is 20.0. The summed E-state index contributed by atoms with van der Waals surface area (Å²) in [5.74, 6) is -0.0720. The molecule has 0 fully saturated rings. The van der Waals surface area contributed by atoms with Crippen LogP contribution in [0, 0.1) is 0 Å². The van der Waals surface area contributed by atoms with Gasteiger partial charge in [-0.2, -0.15) is 0 Å². The number of carbonyl (C=O) groups excluding carboxylic acids is 2. The molecule has 65 heavy (non-hydrogen) atoms. The number of esters is 1. The summed E-state index contributed by atoms with van der Waals surface area (Å²) in [4.78, 5) is 24.5. The maximum atomic E-state index is 12.5. The van der Waals surface area contributed by atoms with Crippen molar-refractivity contribution in [3.8, 4) is 0 Å². The molecule has 0 spiro atoms. The van der Waals surface area contributed by atoms with Gasteiger partial charge in [0.2, 0.25) is 5.91 Å². The summed E-state index contributed by atoms with van der Waals surface area (Å²) in [6, 6.07) is -0.544. The first-order valence-electron chi connectivity index (χ1n) is 29.1. The summed E-state index contributed by atoms with van der Waals surface area (Å²) in [5.41, 5.74) is 0. The standard InChI is InChI=1S/C59H113NO5/c1-3-5-7-9-11-13-15-17-28-31-35-39-43-47-51-57(62)56(55-61)60-58(63)52-48-44-40-36-32-29-25-23-21-19-18-20-22-24-26-30-34-38-42-46-50-54-65-59(64)53-49-45-41-37-33-27-16-14-12-10-8-6-4-2/h30,34,42,46,56-57,61-62H,3-29,31-33,35-41,43-45,47-55H2,1-2H3,(H,60,63)/b34-30-,46-42-. The smallest absolute Gasteiger partial charge is 0.305 e. The number of allylic oxidation sites excluding steroid dienone is 3. The molecule has 0 aliphatic rings. The predicted octanol–water partition coefficient (Wildman–Crippen LogP) is 17.9. The minimum absolute atomic E-state index is 0.0335. The Kier molecular flexibility index (Phi) is 53.5. The van der Waals surface area contributed by atoms with E-state index in [0.717, 1.165) is 51.4 Å². The lowest BCUT2D eigenvalue weighted by molar-refractivity contribution is -0.143. The molecule has 6 heteroatoms. The first kappa shape index (κ1) is 63.3. The Bertz CT molecular complexity index is 1010. The third-order valence-corrected chi connectivity index (χ3v) is 13.5. The van der Waals surface area contributed by atoms with Crippen LogP contribution in [0.2, 0.25) is 0 Å². The van der Waals surface area contributed by atoms with Crippen LogP contribution in [0.15, 0.2) is 24.3 Å². The van der Waals surface area contributed by atoms with E-state index in [4.69, 9.17) is 4.74 Å². The van der Waals surface area contributed by atoms with Gasteiger partial charge in [0.25, 0.3) is 0 Å². The SMILES string of the molecule is CCCCCCCCCCCCCCCCC(O)C(CO)NC(=O)CCCCCCCCCCCCCCCC/C=C\C/C=C\CCOC(=O)CCCCCCCCCCCCCCC. The van der Waals surface area contributed by atoms with E-state index in [1.807, 2.05) is 0 Å². The fraction of sp³-hybridized carbons (Fsp3) is 0.898. The van der Waals surface area contributed by atoms with Crippen molar-refractivity contribution >= 4 is 11.9 Å². The van der Waals surface area contributed by atoms with Crippen molar-refractivity contribution in [2.24, 2.45) is 0 Å². The second kappa shape index (κ2) is 54.9. The molecule has 0 aliphatic heterocycles. The number of ether oxygens (including phenoxy) is 1. The normalized spacial score (nSPS) is 12.7. The monoisotopic (exact) mass is 916 g/mol. The van der Waals surface area contributed by atoms with Crippen molar-refractivity contribution in [3.05, 3.63) is 24.3 Å². The van der Waals surface area contributed by atoms with Crippen molar-refractivity contribution in [1.82, 2.24) is 5.32 Å². The summed E-state index contributed by atoms with van der Waals surface area (Å²) in [6.45, 7) is 4.85. The number of hydrogen-bond acceptors (Lipinski definition) is 5. The Labute approximate surface area is 405 Å². The van der Waals surface area contributed by atoms with Gasteiger partial charge in [-0.05, 0) is 44.9 Å². The minimum atomic E-state index is -0.667. The average Bonchev–Trinajstić information content (AvgIpc) is 3.31. The van der Waals surface area contributed by atoms with Crippen molar-refractivity contribution in [1.29, 1.82) is 0 Å². The number of aliphatic hydroxyl groups excluding tert-OH is 2. The third-order valence-electron chi connectivity index (χ3n) is 13.5. The Morgan fingerprint density at radius 1 is 0.431 bits per heavy atom. The quantitative estimate of drug-likeness (QED) is 0.0321. The Morgan fingerprint density at radius 3 is 1.17 bits per heavy atom. The largest absolute Gasteiger partial charge is 0.465 e. The number of nitrogens with one attached hydrogen (secondary N) is 1. The summed E-state index contributed by atoms with van der Waals surface area (Å²) in [7, 11) is 0. The number of carbonyl (C=O) groups is 2. The maximum absolute atomic E-state index is 12.5. The number of unbranched alkanes of at least 4 members (excludes halogenated alkanes) is 39. The molecule has 0 aromatic carbocycles. The summed E-state index contributed by atoms with van der Waals surface area (Å²) >= 11 is 0. The van der Waals surface area contributed by atoms with Crippen LogP contribution in [-0.4, -0.2) is 47.4 Å². The highest BCUT2D eigenvalue weighted by Crippen LogP contribution is 2.17. The lowest BCUT2D eigenvalue weighted by atomic mass is 10.0. The number of amides is 1. The van der Waals surface area contributed by atoms with Gasteiger partial charge in [-0.3, -0.25) is 9.59 Å². The van der Waals surface area contributed by atoms with Gasteiger partial charge in [-0.25, -0.2) is 0 Å². The molecule has 3 N–H and O–H groups in total. The third kappa shape index (κ3) is 51.6. The molecule has 0 aromatic rings. The van der Waals surface area contributed by atoms with Crippen LogP contribution in [-0.2, 0) is 14.3 Å². The molecule has 0 aliphatic carbocycles. The molecule has 0 rings (SSSR count). The maximum Gasteiger partial charge on any atom is 0.305 e. The highest BCUT2D eigenvalue weighted by atomic mass is 16.5. The van der Waals surface area contributed by atoms with Gasteiger partial charge in [0.1, 0.15) is 0 Å². The highest BCUT2D eigenvalue weighted by molar-refractivity contribution is 5.76. The Morgan fingerprint density at radius 2 is 0.769 bits per heavy atom. The minimum Gasteiger partial charge on any atom is -0.465 e. The molecule has 0 aromatic heterocycles. The van der Waals surface area contributed by atoms with Crippen molar-refractivity contribution in [2.75, 3.05) is 13.2 Å². The summed E-state index contributed by atoms with van der Waals surface area (Å²) in [6.07, 6.45) is 66.1. The molecule has 2 atom stereocenters. The van der Waals surface area contributed by atoms with Crippen LogP contribution in [0.4, 0.5) is 0 Å². The average molecular weight is 917 g/mol. The van der Waals surface area contributed by atoms with Crippen LogP contribution in [0.1, 0.15) is 316 Å². The topological polar surface area (TPSA) is 95.9 Å². The summed E-state index contributed by atoms with van der Waals surface area (Å²) in [5, 5.41) is 23.2. The molecule has 0 saturated carbocycles. The fourth-order valence-corrected chi connectivity index (χ4v) is 9.07. The van der Waals surface area contributed by atoms with Gasteiger partial charge in [0, 0.05) is 12.8 Å². The van der Waals surface area contributed by atoms with Gasteiger partial charge in [0.15, 0.2) is 0 Å². The molecule has 2 unspecified atom stereocenters. The zero-order chi connectivity index (χ0) is 47.2. The van der Waals surface area contributed by atoms with Gasteiger partial charge in [-0.1, -0.05) is 282 Å². The van der Waals surface area contributed by atoms with Crippen LogP contribution < -0.4 is 5.32 Å². The molecule has 0 bridgehead atoms. The van der Waals surface area contributed by atoms with E-state index < -0.39 is 12.1 Å². The molecule has 6 nitrogen and oxygen atoms in total. The van der Waals surface area contributed by atoms with Gasteiger partial charge < -0.3 is 20.3 Å². The fourth-order valence-electron chi connectivity index (χ4n) is 9.07. The van der Waals surface area contributed by atoms with E-state index in [0.29, 0.717) is 25.9 Å². The lowest BCUT2D eigenvalue weighted by Crippen LogP contribution is -2.45. The Balaban J connectivity index is 3.44.